The van der Waals surface area contributed by atoms with Gasteiger partial charge in [0.15, 0.2) is 0 Å². The van der Waals surface area contributed by atoms with E-state index in [-0.39, 0.29) is 11.8 Å². The van der Waals surface area contributed by atoms with E-state index in [4.69, 9.17) is 5.84 Å². The van der Waals surface area contributed by atoms with Gasteiger partial charge in [0.1, 0.15) is 0 Å². The lowest BCUT2D eigenvalue weighted by atomic mass is 9.96. The van der Waals surface area contributed by atoms with Gasteiger partial charge in [-0.3, -0.25) is 15.1 Å². The highest BCUT2D eigenvalue weighted by Gasteiger charge is 2.25. The molecule has 1 aromatic carbocycles. The van der Waals surface area contributed by atoms with Crippen molar-refractivity contribution in [1.82, 2.24) is 10.3 Å². The van der Waals surface area contributed by atoms with Gasteiger partial charge in [-0.15, -0.1) is 0 Å². The Morgan fingerprint density at radius 1 is 1.33 bits per heavy atom. The zero-order chi connectivity index (χ0) is 15.2. The summed E-state index contributed by atoms with van der Waals surface area (Å²) < 4.78 is 0. The fourth-order valence-corrected chi connectivity index (χ4v) is 3.04. The van der Waals surface area contributed by atoms with Crippen LogP contribution in [-0.4, -0.2) is 23.9 Å². The van der Waals surface area contributed by atoms with Gasteiger partial charge in [-0.2, -0.15) is 0 Å². The molecular formula is C17H27N3O. The van der Waals surface area contributed by atoms with Crippen LogP contribution in [-0.2, 0) is 17.8 Å². The molecule has 0 saturated carbocycles. The summed E-state index contributed by atoms with van der Waals surface area (Å²) in [6, 6.07) is 8.88. The van der Waals surface area contributed by atoms with E-state index in [1.54, 1.807) is 0 Å². The summed E-state index contributed by atoms with van der Waals surface area (Å²) in [4.78, 5) is 14.0. The van der Waals surface area contributed by atoms with E-state index in [2.05, 4.69) is 48.4 Å². The van der Waals surface area contributed by atoms with Crippen molar-refractivity contribution in [3.8, 4) is 0 Å². The molecule has 1 heterocycles. The van der Waals surface area contributed by atoms with E-state index in [1.165, 1.54) is 11.1 Å². The van der Waals surface area contributed by atoms with Crippen LogP contribution in [0, 0.1) is 11.8 Å². The average molecular weight is 289 g/mol. The van der Waals surface area contributed by atoms with Crippen molar-refractivity contribution in [3.63, 3.8) is 0 Å². The monoisotopic (exact) mass is 289 g/mol. The zero-order valence-corrected chi connectivity index (χ0v) is 13.1. The lowest BCUT2D eigenvalue weighted by molar-refractivity contribution is -0.126. The second kappa shape index (κ2) is 7.57. The van der Waals surface area contributed by atoms with Crippen LogP contribution in [0.3, 0.4) is 0 Å². The SMILES string of the molecule is CC(C)Cc1ccc(CN2CCC[C@@H](C(=O)NN)C2)cc1. The van der Waals surface area contributed by atoms with Crippen molar-refractivity contribution in [2.45, 2.75) is 39.7 Å². The summed E-state index contributed by atoms with van der Waals surface area (Å²) in [7, 11) is 0. The third-order valence-electron chi connectivity index (χ3n) is 4.09. The van der Waals surface area contributed by atoms with Crippen LogP contribution in [0.15, 0.2) is 24.3 Å². The first-order valence-corrected chi connectivity index (χ1v) is 7.89. The Kier molecular flexibility index (Phi) is 5.76. The molecule has 1 atom stereocenters. The molecule has 116 valence electrons. The van der Waals surface area contributed by atoms with Crippen molar-refractivity contribution in [1.29, 1.82) is 0 Å². The molecule has 0 aliphatic carbocycles. The number of nitrogens with two attached hydrogens (primary N) is 1. The van der Waals surface area contributed by atoms with Gasteiger partial charge in [-0.25, -0.2) is 5.84 Å². The largest absolute Gasteiger partial charge is 0.298 e. The Balaban J connectivity index is 1.90. The fourth-order valence-electron chi connectivity index (χ4n) is 3.04. The topological polar surface area (TPSA) is 58.4 Å². The van der Waals surface area contributed by atoms with E-state index in [9.17, 15) is 4.79 Å². The molecule has 21 heavy (non-hydrogen) atoms. The third kappa shape index (κ3) is 4.83. The van der Waals surface area contributed by atoms with Gasteiger partial charge >= 0.3 is 0 Å². The van der Waals surface area contributed by atoms with Crippen LogP contribution in [0.2, 0.25) is 0 Å². The summed E-state index contributed by atoms with van der Waals surface area (Å²) in [5, 5.41) is 0. The van der Waals surface area contributed by atoms with Crippen LogP contribution in [0.4, 0.5) is 0 Å². The first kappa shape index (κ1) is 16.0. The van der Waals surface area contributed by atoms with E-state index < -0.39 is 0 Å². The minimum absolute atomic E-state index is 0.0314. The number of benzene rings is 1. The van der Waals surface area contributed by atoms with Crippen molar-refractivity contribution in [2.75, 3.05) is 13.1 Å². The molecule has 4 heteroatoms. The Hall–Kier alpha value is -1.39. The third-order valence-corrected chi connectivity index (χ3v) is 4.09. The number of nitrogens with one attached hydrogen (secondary N) is 1. The smallest absolute Gasteiger partial charge is 0.238 e. The molecule has 0 spiro atoms. The fraction of sp³-hybridized carbons (Fsp3) is 0.588. The number of carbonyl (C=O) groups is 1. The molecule has 1 fully saturated rings. The Bertz CT molecular complexity index is 456. The van der Waals surface area contributed by atoms with Gasteiger partial charge in [-0.05, 0) is 42.9 Å². The maximum atomic E-state index is 11.6. The number of hydrazine groups is 1. The number of piperidine rings is 1. The highest BCUT2D eigenvalue weighted by molar-refractivity contribution is 5.78. The zero-order valence-electron chi connectivity index (χ0n) is 13.1. The molecule has 1 aliphatic heterocycles. The number of nitrogens with zero attached hydrogens (tertiary/aromatic N) is 1. The van der Waals surface area contributed by atoms with Gasteiger partial charge in [-0.1, -0.05) is 38.1 Å². The van der Waals surface area contributed by atoms with Gasteiger partial charge in [0.25, 0.3) is 0 Å². The maximum Gasteiger partial charge on any atom is 0.238 e. The Morgan fingerprint density at radius 2 is 2.00 bits per heavy atom. The van der Waals surface area contributed by atoms with Gasteiger partial charge < -0.3 is 0 Å². The molecule has 0 bridgehead atoms. The van der Waals surface area contributed by atoms with E-state index >= 15 is 0 Å². The minimum atomic E-state index is -0.0352. The normalized spacial score (nSPS) is 19.7. The highest BCUT2D eigenvalue weighted by atomic mass is 16.2. The molecule has 0 unspecified atom stereocenters. The van der Waals surface area contributed by atoms with Crippen molar-refractivity contribution in [2.24, 2.45) is 17.7 Å². The van der Waals surface area contributed by atoms with Crippen LogP contribution in [0.5, 0.6) is 0 Å². The minimum Gasteiger partial charge on any atom is -0.298 e. The predicted molar refractivity (Wildman–Crippen MR) is 85.3 cm³/mol. The van der Waals surface area contributed by atoms with Gasteiger partial charge in [0, 0.05) is 13.1 Å². The molecule has 0 radical (unpaired) electrons. The molecular weight excluding hydrogens is 262 g/mol. The number of hydrogen-bond acceptors (Lipinski definition) is 3. The summed E-state index contributed by atoms with van der Waals surface area (Å²) >= 11 is 0. The average Bonchev–Trinajstić information content (AvgIpc) is 2.48. The summed E-state index contributed by atoms with van der Waals surface area (Å²) in [6.45, 7) is 7.25. The quantitative estimate of drug-likeness (QED) is 0.496. The maximum absolute atomic E-state index is 11.6. The van der Waals surface area contributed by atoms with E-state index in [0.717, 1.165) is 38.9 Å². The number of hydrogen-bond donors (Lipinski definition) is 2. The lowest BCUT2D eigenvalue weighted by Crippen LogP contribution is -2.44. The molecule has 1 amide bonds. The summed E-state index contributed by atoms with van der Waals surface area (Å²) in [6.07, 6.45) is 3.12. The molecule has 2 rings (SSSR count). The Morgan fingerprint density at radius 3 is 2.62 bits per heavy atom. The van der Waals surface area contributed by atoms with Crippen LogP contribution in [0.25, 0.3) is 0 Å². The first-order chi connectivity index (χ1) is 10.1. The van der Waals surface area contributed by atoms with Crippen molar-refractivity contribution in [3.05, 3.63) is 35.4 Å². The molecule has 4 nitrogen and oxygen atoms in total. The van der Waals surface area contributed by atoms with Gasteiger partial charge in [0.2, 0.25) is 5.91 Å². The molecule has 3 N–H and O–H groups in total. The highest BCUT2D eigenvalue weighted by Crippen LogP contribution is 2.19. The van der Waals surface area contributed by atoms with Crippen molar-refractivity contribution >= 4 is 5.91 Å². The van der Waals surface area contributed by atoms with Crippen LogP contribution < -0.4 is 11.3 Å². The number of likely N-dealkylation sites (tertiary alicyclic amines) is 1. The van der Waals surface area contributed by atoms with Crippen molar-refractivity contribution < 1.29 is 4.79 Å². The second-order valence-corrected chi connectivity index (χ2v) is 6.50. The number of rotatable bonds is 5. The standard InChI is InChI=1S/C17H27N3O/c1-13(2)10-14-5-7-15(8-6-14)11-20-9-3-4-16(12-20)17(21)19-18/h5-8,13,16H,3-4,9-12,18H2,1-2H3,(H,19,21)/t16-/m1/s1. The number of carbonyl (C=O) groups excluding carboxylic acids is 1. The molecule has 1 saturated heterocycles. The van der Waals surface area contributed by atoms with Crippen LogP contribution in [0.1, 0.15) is 37.8 Å². The van der Waals surface area contributed by atoms with Crippen LogP contribution >= 0.6 is 0 Å². The predicted octanol–water partition coefficient (Wildman–Crippen LogP) is 2.09. The summed E-state index contributed by atoms with van der Waals surface area (Å²) in [5.41, 5.74) is 4.99. The second-order valence-electron chi connectivity index (χ2n) is 6.50. The lowest BCUT2D eigenvalue weighted by Gasteiger charge is -2.31. The van der Waals surface area contributed by atoms with Gasteiger partial charge in [0.05, 0.1) is 5.92 Å². The summed E-state index contributed by atoms with van der Waals surface area (Å²) in [5.74, 6) is 5.92. The molecule has 1 aliphatic rings. The number of amides is 1. The molecule has 1 aromatic rings. The first-order valence-electron chi connectivity index (χ1n) is 7.89. The van der Waals surface area contributed by atoms with E-state index in [0.29, 0.717) is 5.92 Å². The molecule has 0 aromatic heterocycles. The Labute approximate surface area is 127 Å². The van der Waals surface area contributed by atoms with E-state index in [1.807, 2.05) is 0 Å².